The van der Waals surface area contributed by atoms with E-state index in [-0.39, 0.29) is 18.0 Å². The summed E-state index contributed by atoms with van der Waals surface area (Å²) < 4.78 is 2.91. The van der Waals surface area contributed by atoms with Crippen molar-refractivity contribution in [3.05, 3.63) is 70.4 Å². The van der Waals surface area contributed by atoms with Crippen LogP contribution in [-0.2, 0) is 11.3 Å². The molecule has 1 aliphatic carbocycles. The van der Waals surface area contributed by atoms with E-state index >= 15 is 0 Å². The molecule has 150 valence electrons. The molecule has 9 nitrogen and oxygen atoms in total. The molecule has 4 aromatic rings. The molecule has 1 aromatic carbocycles. The molecule has 3 heterocycles. The minimum Gasteiger partial charge on any atom is -0.324 e. The van der Waals surface area contributed by atoms with Crippen LogP contribution in [0.25, 0.3) is 16.9 Å². The molecule has 0 radical (unpaired) electrons. The van der Waals surface area contributed by atoms with Gasteiger partial charge in [0, 0.05) is 23.2 Å². The zero-order valence-electron chi connectivity index (χ0n) is 16.3. The van der Waals surface area contributed by atoms with E-state index in [0.717, 1.165) is 29.8 Å². The molecule has 1 aliphatic rings. The van der Waals surface area contributed by atoms with E-state index in [9.17, 15) is 9.59 Å². The predicted molar refractivity (Wildman–Crippen MR) is 110 cm³/mol. The fourth-order valence-corrected chi connectivity index (χ4v) is 3.29. The summed E-state index contributed by atoms with van der Waals surface area (Å²) >= 11 is 0. The molecule has 1 amide bonds. The van der Waals surface area contributed by atoms with Crippen molar-refractivity contribution in [1.29, 1.82) is 0 Å². The Balaban J connectivity index is 1.29. The van der Waals surface area contributed by atoms with Gasteiger partial charge in [0.1, 0.15) is 6.54 Å². The van der Waals surface area contributed by atoms with Gasteiger partial charge in [0.15, 0.2) is 11.5 Å². The summed E-state index contributed by atoms with van der Waals surface area (Å²) in [5.41, 5.74) is 3.59. The summed E-state index contributed by atoms with van der Waals surface area (Å²) in [6.45, 7) is 1.72. The second-order valence-electron chi connectivity index (χ2n) is 7.39. The molecular formula is C21H19N7O2. The maximum Gasteiger partial charge on any atom is 0.267 e. The van der Waals surface area contributed by atoms with Crippen molar-refractivity contribution in [2.75, 3.05) is 5.32 Å². The molecule has 5 rings (SSSR count). The Hall–Kier alpha value is -3.88. The van der Waals surface area contributed by atoms with Gasteiger partial charge in [0.05, 0.1) is 11.4 Å². The molecule has 0 unspecified atom stereocenters. The number of rotatable bonds is 5. The topological polar surface area (TPSA) is 107 Å². The molecule has 1 fully saturated rings. The molecule has 30 heavy (non-hydrogen) atoms. The molecule has 3 aromatic heterocycles. The van der Waals surface area contributed by atoms with Crippen molar-refractivity contribution in [2.45, 2.75) is 32.2 Å². The Kier molecular flexibility index (Phi) is 4.35. The Morgan fingerprint density at radius 3 is 2.60 bits per heavy atom. The second-order valence-corrected chi connectivity index (χ2v) is 7.39. The van der Waals surface area contributed by atoms with Gasteiger partial charge < -0.3 is 5.32 Å². The Bertz CT molecular complexity index is 1300. The number of hydrogen-bond acceptors (Lipinski definition) is 6. The first-order valence-electron chi connectivity index (χ1n) is 9.74. The summed E-state index contributed by atoms with van der Waals surface area (Å²) in [4.78, 5) is 24.4. The molecule has 9 heteroatoms. The Morgan fingerprint density at radius 2 is 1.83 bits per heavy atom. The van der Waals surface area contributed by atoms with Gasteiger partial charge in [-0.1, -0.05) is 12.1 Å². The van der Waals surface area contributed by atoms with Gasteiger partial charge in [-0.05, 0) is 50.1 Å². The maximum atomic E-state index is 12.4. The highest BCUT2D eigenvalue weighted by Crippen LogP contribution is 2.38. The number of hydrogen-bond donors (Lipinski definition) is 1. The van der Waals surface area contributed by atoms with E-state index < -0.39 is 0 Å². The van der Waals surface area contributed by atoms with Crippen LogP contribution in [-0.4, -0.2) is 35.5 Å². The van der Waals surface area contributed by atoms with E-state index in [1.54, 1.807) is 22.7 Å². The molecule has 1 saturated carbocycles. The zero-order chi connectivity index (χ0) is 20.7. The Labute approximate surface area is 171 Å². The normalized spacial score (nSPS) is 13.5. The lowest BCUT2D eigenvalue weighted by molar-refractivity contribution is -0.117. The Morgan fingerprint density at radius 1 is 1.03 bits per heavy atom. The summed E-state index contributed by atoms with van der Waals surface area (Å²) in [5.74, 6) is 0.831. The molecule has 0 bridgehead atoms. The number of aromatic nitrogens is 6. The van der Waals surface area contributed by atoms with E-state index in [1.165, 1.54) is 10.7 Å². The SMILES string of the molecule is Cc1nnc2ccc(-c3ccc(NC(=O)Cn4nc(C5CC5)ccc4=O)cc3)nn12. The zero-order valence-corrected chi connectivity index (χ0v) is 16.3. The van der Waals surface area contributed by atoms with Gasteiger partial charge in [-0.3, -0.25) is 9.59 Å². The molecule has 0 atom stereocenters. The number of benzene rings is 1. The molecule has 0 spiro atoms. The first-order chi connectivity index (χ1) is 14.6. The number of anilines is 1. The monoisotopic (exact) mass is 401 g/mol. The van der Waals surface area contributed by atoms with Crippen molar-refractivity contribution in [3.63, 3.8) is 0 Å². The lowest BCUT2D eigenvalue weighted by Gasteiger charge is -2.09. The number of aryl methyl sites for hydroxylation is 1. The number of nitrogens with zero attached hydrogens (tertiary/aromatic N) is 6. The summed E-state index contributed by atoms with van der Waals surface area (Å²) in [6.07, 6.45) is 2.17. The number of amides is 1. The van der Waals surface area contributed by atoms with E-state index in [4.69, 9.17) is 0 Å². The van der Waals surface area contributed by atoms with Gasteiger partial charge >= 0.3 is 0 Å². The highest BCUT2D eigenvalue weighted by atomic mass is 16.2. The minimum absolute atomic E-state index is 0.119. The predicted octanol–water partition coefficient (Wildman–Crippen LogP) is 2.17. The quantitative estimate of drug-likeness (QED) is 0.549. The van der Waals surface area contributed by atoms with Crippen molar-refractivity contribution in [1.82, 2.24) is 29.6 Å². The smallest absolute Gasteiger partial charge is 0.267 e. The number of fused-ring (bicyclic) bond motifs is 1. The highest BCUT2D eigenvalue weighted by molar-refractivity contribution is 5.90. The van der Waals surface area contributed by atoms with E-state index in [1.807, 2.05) is 31.2 Å². The largest absolute Gasteiger partial charge is 0.324 e. The first-order valence-corrected chi connectivity index (χ1v) is 9.74. The highest BCUT2D eigenvalue weighted by Gasteiger charge is 2.25. The number of nitrogens with one attached hydrogen (secondary N) is 1. The van der Waals surface area contributed by atoms with Gasteiger partial charge in [-0.2, -0.15) is 14.7 Å². The first kappa shape index (κ1) is 18.2. The van der Waals surface area contributed by atoms with Crippen LogP contribution in [0, 0.1) is 6.92 Å². The van der Waals surface area contributed by atoms with Crippen LogP contribution in [0.5, 0.6) is 0 Å². The van der Waals surface area contributed by atoms with Crippen LogP contribution in [0.1, 0.15) is 30.3 Å². The second kappa shape index (κ2) is 7.18. The standard InChI is InChI=1S/C21H19N7O2/c1-13-23-24-19-10-8-18(26-28(13)19)15-4-6-16(7-5-15)22-20(29)12-27-21(30)11-9-17(25-27)14-2-3-14/h4-11,14H,2-3,12H2,1H3,(H,22,29). The lowest BCUT2D eigenvalue weighted by atomic mass is 10.1. The van der Waals surface area contributed by atoms with Gasteiger partial charge in [-0.15, -0.1) is 10.2 Å². The van der Waals surface area contributed by atoms with Crippen LogP contribution < -0.4 is 10.9 Å². The average molecular weight is 401 g/mol. The fourth-order valence-electron chi connectivity index (χ4n) is 3.29. The summed E-state index contributed by atoms with van der Waals surface area (Å²) in [5, 5.41) is 19.7. The van der Waals surface area contributed by atoms with Crippen molar-refractivity contribution >= 4 is 17.2 Å². The molecular weight excluding hydrogens is 382 g/mol. The summed E-state index contributed by atoms with van der Waals surface area (Å²) in [6, 6.07) is 14.3. The third-order valence-electron chi connectivity index (χ3n) is 5.06. The van der Waals surface area contributed by atoms with Crippen LogP contribution in [0.15, 0.2) is 53.3 Å². The third-order valence-corrected chi connectivity index (χ3v) is 5.06. The van der Waals surface area contributed by atoms with Crippen molar-refractivity contribution in [3.8, 4) is 11.3 Å². The van der Waals surface area contributed by atoms with E-state index in [2.05, 4.69) is 25.7 Å². The van der Waals surface area contributed by atoms with Crippen LogP contribution in [0.3, 0.4) is 0 Å². The number of carbonyl (C=O) groups excluding carboxylic acids is 1. The van der Waals surface area contributed by atoms with Crippen molar-refractivity contribution < 1.29 is 4.79 Å². The molecule has 1 N–H and O–H groups in total. The number of carbonyl (C=O) groups is 1. The van der Waals surface area contributed by atoms with Crippen molar-refractivity contribution in [2.24, 2.45) is 0 Å². The van der Waals surface area contributed by atoms with Gasteiger partial charge in [-0.25, -0.2) is 4.68 Å². The molecule has 0 saturated heterocycles. The summed E-state index contributed by atoms with van der Waals surface area (Å²) in [7, 11) is 0. The van der Waals surface area contributed by atoms with Crippen LogP contribution in [0.2, 0.25) is 0 Å². The molecule has 0 aliphatic heterocycles. The third kappa shape index (κ3) is 3.57. The van der Waals surface area contributed by atoms with Gasteiger partial charge in [0.25, 0.3) is 5.56 Å². The van der Waals surface area contributed by atoms with Crippen LogP contribution >= 0.6 is 0 Å². The fraction of sp³-hybridized carbons (Fsp3) is 0.238. The average Bonchev–Trinajstić information content (AvgIpc) is 3.53. The minimum atomic E-state index is -0.301. The van der Waals surface area contributed by atoms with Gasteiger partial charge in [0.2, 0.25) is 5.91 Å². The van der Waals surface area contributed by atoms with Crippen LogP contribution in [0.4, 0.5) is 5.69 Å². The lowest BCUT2D eigenvalue weighted by Crippen LogP contribution is -2.29. The maximum absolute atomic E-state index is 12.4. The van der Waals surface area contributed by atoms with E-state index in [0.29, 0.717) is 23.1 Å².